The van der Waals surface area contributed by atoms with Gasteiger partial charge in [-0.2, -0.15) is 0 Å². The lowest BCUT2D eigenvalue weighted by Gasteiger charge is -2.14. The molecule has 0 radical (unpaired) electrons. The second kappa shape index (κ2) is 9.72. The molecule has 2 rings (SSSR count). The molecule has 0 atom stereocenters. The van der Waals surface area contributed by atoms with Crippen LogP contribution in [0.15, 0.2) is 48.5 Å². The Kier molecular flexibility index (Phi) is 7.33. The van der Waals surface area contributed by atoms with Crippen LogP contribution in [0.5, 0.6) is 11.5 Å². The minimum Gasteiger partial charge on any atom is -0.494 e. The number of rotatable bonds is 9. The van der Waals surface area contributed by atoms with Gasteiger partial charge in [-0.05, 0) is 42.7 Å². The Bertz CT molecular complexity index is 682. The molecule has 0 aliphatic rings. The summed E-state index contributed by atoms with van der Waals surface area (Å²) in [7, 11) is 0. The Hall–Kier alpha value is -2.49. The highest BCUT2D eigenvalue weighted by molar-refractivity contribution is 6.05. The first-order chi connectivity index (χ1) is 12.1. The largest absolute Gasteiger partial charge is 0.494 e. The van der Waals surface area contributed by atoms with E-state index in [-0.39, 0.29) is 5.91 Å². The fourth-order valence-corrected chi connectivity index (χ4v) is 2.21. The van der Waals surface area contributed by atoms with Crippen LogP contribution in [0.25, 0.3) is 0 Å². The van der Waals surface area contributed by atoms with Gasteiger partial charge in [0.15, 0.2) is 0 Å². The van der Waals surface area contributed by atoms with E-state index in [1.165, 1.54) is 0 Å². The number of ether oxygens (including phenoxy) is 2. The monoisotopic (exact) mass is 341 g/mol. The minimum atomic E-state index is -0.179. The van der Waals surface area contributed by atoms with Crippen LogP contribution in [-0.2, 0) is 0 Å². The fraction of sp³-hybridized carbons (Fsp3) is 0.381. The molecular formula is C21H27NO3. The summed E-state index contributed by atoms with van der Waals surface area (Å²) in [6.07, 6.45) is 2.07. The van der Waals surface area contributed by atoms with Gasteiger partial charge in [0.05, 0.1) is 18.9 Å². The van der Waals surface area contributed by atoms with Crippen LogP contribution in [0.3, 0.4) is 0 Å². The van der Waals surface area contributed by atoms with Gasteiger partial charge in [-0.1, -0.05) is 45.4 Å². The van der Waals surface area contributed by atoms with Crippen LogP contribution in [0.1, 0.15) is 44.0 Å². The lowest BCUT2D eigenvalue weighted by Crippen LogP contribution is -2.14. The van der Waals surface area contributed by atoms with Crippen molar-refractivity contribution in [2.45, 2.75) is 33.6 Å². The maximum atomic E-state index is 12.6. The van der Waals surface area contributed by atoms with Gasteiger partial charge in [-0.15, -0.1) is 0 Å². The van der Waals surface area contributed by atoms with Crippen LogP contribution in [0.4, 0.5) is 5.69 Å². The molecule has 0 aliphatic heterocycles. The lowest BCUT2D eigenvalue weighted by atomic mass is 10.2. The minimum absolute atomic E-state index is 0.179. The number of hydrogen-bond acceptors (Lipinski definition) is 3. The van der Waals surface area contributed by atoms with Crippen LogP contribution < -0.4 is 14.8 Å². The second-order valence-electron chi connectivity index (χ2n) is 6.38. The maximum Gasteiger partial charge on any atom is 0.255 e. The van der Waals surface area contributed by atoms with Gasteiger partial charge in [-0.25, -0.2) is 0 Å². The molecule has 134 valence electrons. The molecule has 0 saturated heterocycles. The number of hydrogen-bond donors (Lipinski definition) is 1. The quantitative estimate of drug-likeness (QED) is 0.641. The van der Waals surface area contributed by atoms with E-state index in [9.17, 15) is 4.79 Å². The first kappa shape index (κ1) is 18.8. The highest BCUT2D eigenvalue weighted by atomic mass is 16.5. The molecule has 1 N–H and O–H groups in total. The van der Waals surface area contributed by atoms with Crippen LogP contribution in [0.2, 0.25) is 0 Å². The Morgan fingerprint density at radius 3 is 2.64 bits per heavy atom. The SMILES string of the molecule is CCCCOc1cccc(C(=O)Nc2ccccc2OCC(C)C)c1. The molecule has 0 unspecified atom stereocenters. The Balaban J connectivity index is 2.05. The van der Waals surface area contributed by atoms with Gasteiger partial charge in [0.1, 0.15) is 11.5 Å². The molecule has 0 aliphatic carbocycles. The number of unbranched alkanes of at least 4 members (excludes halogenated alkanes) is 1. The molecular weight excluding hydrogens is 314 g/mol. The van der Waals surface area contributed by atoms with Gasteiger partial charge >= 0.3 is 0 Å². The molecule has 0 spiro atoms. The molecule has 0 fully saturated rings. The normalized spacial score (nSPS) is 10.6. The van der Waals surface area contributed by atoms with E-state index < -0.39 is 0 Å². The average Bonchev–Trinajstić information content (AvgIpc) is 2.61. The third kappa shape index (κ3) is 6.14. The van der Waals surface area contributed by atoms with E-state index in [1.54, 1.807) is 12.1 Å². The van der Waals surface area contributed by atoms with Crippen LogP contribution in [0, 0.1) is 5.92 Å². The Labute approximate surface area is 150 Å². The lowest BCUT2D eigenvalue weighted by molar-refractivity contribution is 0.102. The summed E-state index contributed by atoms with van der Waals surface area (Å²) in [5, 5.41) is 2.93. The summed E-state index contributed by atoms with van der Waals surface area (Å²) in [4.78, 5) is 12.6. The van der Waals surface area contributed by atoms with Crippen molar-refractivity contribution in [3.8, 4) is 11.5 Å². The number of benzene rings is 2. The third-order valence-electron chi connectivity index (χ3n) is 3.57. The van der Waals surface area contributed by atoms with Crippen molar-refractivity contribution in [2.75, 3.05) is 18.5 Å². The molecule has 2 aromatic carbocycles. The van der Waals surface area contributed by atoms with Crippen molar-refractivity contribution < 1.29 is 14.3 Å². The highest BCUT2D eigenvalue weighted by Gasteiger charge is 2.11. The first-order valence-electron chi connectivity index (χ1n) is 8.86. The maximum absolute atomic E-state index is 12.6. The molecule has 25 heavy (non-hydrogen) atoms. The zero-order chi connectivity index (χ0) is 18.1. The van der Waals surface area contributed by atoms with Crippen molar-refractivity contribution in [1.29, 1.82) is 0 Å². The van der Waals surface area contributed by atoms with E-state index in [0.717, 1.165) is 12.8 Å². The number of nitrogens with one attached hydrogen (secondary N) is 1. The zero-order valence-electron chi connectivity index (χ0n) is 15.2. The van der Waals surface area contributed by atoms with Crippen molar-refractivity contribution in [1.82, 2.24) is 0 Å². The molecule has 1 amide bonds. The predicted octanol–water partition coefficient (Wildman–Crippen LogP) is 5.15. The summed E-state index contributed by atoms with van der Waals surface area (Å²) in [6.45, 7) is 7.56. The molecule has 0 bridgehead atoms. The standard InChI is InChI=1S/C21H27NO3/c1-4-5-13-24-18-10-8-9-17(14-18)21(23)22-19-11-6-7-12-20(19)25-15-16(2)3/h6-12,14,16H,4-5,13,15H2,1-3H3,(H,22,23). The highest BCUT2D eigenvalue weighted by Crippen LogP contribution is 2.25. The summed E-state index contributed by atoms with van der Waals surface area (Å²) in [5.74, 6) is 1.63. The predicted molar refractivity (Wildman–Crippen MR) is 102 cm³/mol. The van der Waals surface area contributed by atoms with Crippen molar-refractivity contribution in [3.63, 3.8) is 0 Å². The summed E-state index contributed by atoms with van der Waals surface area (Å²) in [5.41, 5.74) is 1.23. The molecule has 0 aromatic heterocycles. The summed E-state index contributed by atoms with van der Waals surface area (Å²) < 4.78 is 11.5. The molecule has 2 aromatic rings. The van der Waals surface area contributed by atoms with Gasteiger partial charge in [0.2, 0.25) is 0 Å². The van der Waals surface area contributed by atoms with E-state index in [1.807, 2.05) is 36.4 Å². The number of anilines is 1. The summed E-state index contributed by atoms with van der Waals surface area (Å²) >= 11 is 0. The second-order valence-corrected chi connectivity index (χ2v) is 6.38. The van der Waals surface area contributed by atoms with E-state index in [0.29, 0.717) is 41.9 Å². The zero-order valence-corrected chi connectivity index (χ0v) is 15.2. The van der Waals surface area contributed by atoms with Gasteiger partial charge in [-0.3, -0.25) is 4.79 Å². The van der Waals surface area contributed by atoms with E-state index in [2.05, 4.69) is 26.1 Å². The van der Waals surface area contributed by atoms with Crippen LogP contribution >= 0.6 is 0 Å². The topological polar surface area (TPSA) is 47.6 Å². The van der Waals surface area contributed by atoms with Gasteiger partial charge in [0, 0.05) is 5.56 Å². The van der Waals surface area contributed by atoms with Gasteiger partial charge < -0.3 is 14.8 Å². The first-order valence-corrected chi connectivity index (χ1v) is 8.86. The number of carbonyl (C=O) groups excluding carboxylic acids is 1. The molecule has 0 saturated carbocycles. The molecule has 4 nitrogen and oxygen atoms in total. The van der Waals surface area contributed by atoms with Crippen molar-refractivity contribution >= 4 is 11.6 Å². The van der Waals surface area contributed by atoms with E-state index in [4.69, 9.17) is 9.47 Å². The number of carbonyl (C=O) groups is 1. The van der Waals surface area contributed by atoms with E-state index >= 15 is 0 Å². The molecule has 4 heteroatoms. The van der Waals surface area contributed by atoms with Crippen LogP contribution in [-0.4, -0.2) is 19.1 Å². The smallest absolute Gasteiger partial charge is 0.255 e. The summed E-state index contributed by atoms with van der Waals surface area (Å²) in [6, 6.07) is 14.7. The molecule has 0 heterocycles. The average molecular weight is 341 g/mol. The Morgan fingerprint density at radius 1 is 1.08 bits per heavy atom. The number of amides is 1. The fourth-order valence-electron chi connectivity index (χ4n) is 2.21. The Morgan fingerprint density at radius 2 is 1.88 bits per heavy atom. The van der Waals surface area contributed by atoms with Gasteiger partial charge in [0.25, 0.3) is 5.91 Å². The number of para-hydroxylation sites is 2. The van der Waals surface area contributed by atoms with Crippen molar-refractivity contribution in [3.05, 3.63) is 54.1 Å². The third-order valence-corrected chi connectivity index (χ3v) is 3.57. The van der Waals surface area contributed by atoms with Crippen molar-refractivity contribution in [2.24, 2.45) is 5.92 Å².